The van der Waals surface area contributed by atoms with Crippen LogP contribution in [0.4, 0.5) is 5.69 Å². The number of nitro groups is 1. The quantitative estimate of drug-likeness (QED) is 0.187. The summed E-state index contributed by atoms with van der Waals surface area (Å²) in [6.07, 6.45) is 11.7. The molecule has 7 heteroatoms. The molecule has 7 nitrogen and oxygen atoms in total. The van der Waals surface area contributed by atoms with Gasteiger partial charge in [-0.05, 0) is 50.7 Å². The van der Waals surface area contributed by atoms with Crippen molar-refractivity contribution in [2.24, 2.45) is 0 Å². The van der Waals surface area contributed by atoms with Crippen LogP contribution in [0.5, 0.6) is 5.75 Å². The summed E-state index contributed by atoms with van der Waals surface area (Å²) in [6.45, 7) is 3.49. The van der Waals surface area contributed by atoms with E-state index in [-0.39, 0.29) is 17.2 Å². The molecule has 0 aromatic heterocycles. The number of carbonyl (C=O) groups excluding carboxylic acids is 2. The minimum absolute atomic E-state index is 0.0120. The van der Waals surface area contributed by atoms with E-state index < -0.39 is 4.92 Å². The van der Waals surface area contributed by atoms with Gasteiger partial charge in [0, 0.05) is 25.1 Å². The second-order valence-electron chi connectivity index (χ2n) is 7.99. The number of unbranched alkanes of at least 4 members (excludes halogenated alkanes) is 3. The van der Waals surface area contributed by atoms with Crippen molar-refractivity contribution in [3.63, 3.8) is 0 Å². The Kier molecular flexibility index (Phi) is 10.3. The van der Waals surface area contributed by atoms with Gasteiger partial charge < -0.3 is 9.64 Å². The topological polar surface area (TPSA) is 89.8 Å². The van der Waals surface area contributed by atoms with Gasteiger partial charge in [0.2, 0.25) is 5.91 Å². The molecule has 1 saturated carbocycles. The van der Waals surface area contributed by atoms with E-state index >= 15 is 0 Å². The number of hydrogen-bond donors (Lipinski definition) is 0. The maximum atomic E-state index is 12.8. The highest BCUT2D eigenvalue weighted by Crippen LogP contribution is 2.25. The van der Waals surface area contributed by atoms with E-state index in [0.717, 1.165) is 51.5 Å². The van der Waals surface area contributed by atoms with Crippen LogP contribution in [0.25, 0.3) is 0 Å². The Morgan fingerprint density at radius 2 is 1.97 bits per heavy atom. The largest absolute Gasteiger partial charge is 0.494 e. The number of nitro benzene ring substituents is 1. The molecule has 166 valence electrons. The predicted molar refractivity (Wildman–Crippen MR) is 116 cm³/mol. The Hall–Kier alpha value is -2.44. The summed E-state index contributed by atoms with van der Waals surface area (Å²) in [5.41, 5.74) is -0.209. The summed E-state index contributed by atoms with van der Waals surface area (Å²) in [5.74, 6) is 0.726. The normalized spacial score (nSPS) is 14.3. The van der Waals surface area contributed by atoms with Crippen molar-refractivity contribution in [3.8, 4) is 5.75 Å². The number of amides is 1. The Bertz CT molecular complexity index is 701. The lowest BCUT2D eigenvalue weighted by Crippen LogP contribution is -2.42. The molecule has 0 N–H and O–H groups in total. The molecule has 1 aliphatic rings. The molecule has 0 spiro atoms. The van der Waals surface area contributed by atoms with Crippen LogP contribution in [0.2, 0.25) is 0 Å². The van der Waals surface area contributed by atoms with E-state index in [1.165, 1.54) is 37.5 Å². The second-order valence-corrected chi connectivity index (χ2v) is 7.99. The van der Waals surface area contributed by atoms with Crippen LogP contribution in [0.15, 0.2) is 18.2 Å². The summed E-state index contributed by atoms with van der Waals surface area (Å²) in [6, 6.07) is 4.61. The van der Waals surface area contributed by atoms with Gasteiger partial charge in [-0.1, -0.05) is 32.6 Å². The van der Waals surface area contributed by atoms with Gasteiger partial charge in [0.05, 0.1) is 17.1 Å². The summed E-state index contributed by atoms with van der Waals surface area (Å²) >= 11 is 0. The highest BCUT2D eigenvalue weighted by Gasteiger charge is 2.24. The molecule has 2 rings (SSSR count). The molecule has 0 heterocycles. The zero-order valence-electron chi connectivity index (χ0n) is 18.0. The van der Waals surface area contributed by atoms with Crippen LogP contribution < -0.4 is 4.74 Å². The third-order valence-electron chi connectivity index (χ3n) is 5.71. The van der Waals surface area contributed by atoms with Crippen molar-refractivity contribution in [1.82, 2.24) is 4.90 Å². The average molecular weight is 419 g/mol. The first-order chi connectivity index (χ1) is 14.6. The van der Waals surface area contributed by atoms with Gasteiger partial charge in [0.15, 0.2) is 6.29 Å². The number of aldehydes is 1. The zero-order valence-corrected chi connectivity index (χ0v) is 18.0. The molecular formula is C23H34N2O5. The zero-order chi connectivity index (χ0) is 21.8. The molecule has 0 atom stereocenters. The molecule has 0 radical (unpaired) electrons. The minimum Gasteiger partial charge on any atom is -0.494 e. The van der Waals surface area contributed by atoms with E-state index in [9.17, 15) is 19.7 Å². The maximum absolute atomic E-state index is 12.8. The fraction of sp³-hybridized carbons (Fsp3) is 0.652. The van der Waals surface area contributed by atoms with Gasteiger partial charge in [-0.3, -0.25) is 19.7 Å². The lowest BCUT2D eigenvalue weighted by Gasteiger charge is -2.34. The van der Waals surface area contributed by atoms with E-state index in [4.69, 9.17) is 4.74 Å². The van der Waals surface area contributed by atoms with Crippen molar-refractivity contribution < 1.29 is 19.2 Å². The Balaban J connectivity index is 1.71. The molecular weight excluding hydrogens is 384 g/mol. The number of hydrogen-bond acceptors (Lipinski definition) is 5. The fourth-order valence-electron chi connectivity index (χ4n) is 4.00. The smallest absolute Gasteiger partial charge is 0.280 e. The summed E-state index contributed by atoms with van der Waals surface area (Å²) in [4.78, 5) is 36.2. The molecule has 1 aliphatic carbocycles. The molecule has 0 bridgehead atoms. The lowest BCUT2D eigenvalue weighted by molar-refractivity contribution is -0.385. The number of ether oxygens (including phenoxy) is 1. The highest BCUT2D eigenvalue weighted by atomic mass is 16.6. The van der Waals surface area contributed by atoms with E-state index in [2.05, 4.69) is 11.8 Å². The molecule has 30 heavy (non-hydrogen) atoms. The minimum atomic E-state index is -0.582. The Labute approximate surface area is 178 Å². The lowest BCUT2D eigenvalue weighted by atomic mass is 9.93. The van der Waals surface area contributed by atoms with E-state index in [1.54, 1.807) is 0 Å². The molecule has 1 aromatic carbocycles. The molecule has 0 saturated heterocycles. The van der Waals surface area contributed by atoms with Crippen LogP contribution in [-0.2, 0) is 4.79 Å². The van der Waals surface area contributed by atoms with Gasteiger partial charge in [0.25, 0.3) is 5.69 Å². The summed E-state index contributed by atoms with van der Waals surface area (Å²) < 4.78 is 5.61. The third-order valence-corrected chi connectivity index (χ3v) is 5.71. The van der Waals surface area contributed by atoms with E-state index in [1.807, 2.05) is 0 Å². The van der Waals surface area contributed by atoms with Crippen LogP contribution in [0.1, 0.15) is 87.9 Å². The van der Waals surface area contributed by atoms with Crippen molar-refractivity contribution >= 4 is 17.9 Å². The standard InChI is InChI=1S/C23H34N2O5/c1-2-3-15-24(20-10-6-4-7-11-20)23(27)12-8-5-9-16-30-21-13-14-22(25(28)29)19(17-21)18-26/h13-14,17-18,20H,2-12,15-16H2,1H3. The number of carbonyl (C=O) groups is 2. The monoisotopic (exact) mass is 418 g/mol. The third kappa shape index (κ3) is 7.43. The van der Waals surface area contributed by atoms with Gasteiger partial charge in [-0.25, -0.2) is 0 Å². The van der Waals surface area contributed by atoms with Crippen LogP contribution >= 0.6 is 0 Å². The van der Waals surface area contributed by atoms with Crippen molar-refractivity contribution in [2.75, 3.05) is 13.2 Å². The Morgan fingerprint density at radius 3 is 2.63 bits per heavy atom. The highest BCUT2D eigenvalue weighted by molar-refractivity contribution is 5.82. The first-order valence-corrected chi connectivity index (χ1v) is 11.2. The molecule has 1 amide bonds. The summed E-state index contributed by atoms with van der Waals surface area (Å²) in [7, 11) is 0. The van der Waals surface area contributed by atoms with Crippen LogP contribution in [0, 0.1) is 10.1 Å². The second kappa shape index (κ2) is 13.0. The number of nitrogens with zero attached hydrogens (tertiary/aromatic N) is 2. The molecule has 1 fully saturated rings. The van der Waals surface area contributed by atoms with Gasteiger partial charge in [0.1, 0.15) is 5.75 Å². The molecule has 1 aromatic rings. The summed E-state index contributed by atoms with van der Waals surface area (Å²) in [5, 5.41) is 10.9. The first-order valence-electron chi connectivity index (χ1n) is 11.2. The molecule has 0 unspecified atom stereocenters. The number of benzene rings is 1. The predicted octanol–water partition coefficient (Wildman–Crippen LogP) is 5.31. The van der Waals surface area contributed by atoms with Crippen LogP contribution in [0.3, 0.4) is 0 Å². The van der Waals surface area contributed by atoms with Crippen LogP contribution in [-0.4, -0.2) is 41.2 Å². The first kappa shape index (κ1) is 23.8. The van der Waals surface area contributed by atoms with Gasteiger partial charge >= 0.3 is 0 Å². The average Bonchev–Trinajstić information content (AvgIpc) is 2.76. The van der Waals surface area contributed by atoms with Crippen molar-refractivity contribution in [3.05, 3.63) is 33.9 Å². The molecule has 0 aliphatic heterocycles. The number of rotatable bonds is 13. The van der Waals surface area contributed by atoms with Gasteiger partial charge in [-0.2, -0.15) is 0 Å². The van der Waals surface area contributed by atoms with Crippen molar-refractivity contribution in [2.45, 2.75) is 83.6 Å². The SMILES string of the molecule is CCCCN(C(=O)CCCCCOc1ccc([N+](=O)[O-])c(C=O)c1)C1CCCCC1. The van der Waals surface area contributed by atoms with Crippen molar-refractivity contribution in [1.29, 1.82) is 0 Å². The fourth-order valence-corrected chi connectivity index (χ4v) is 4.00. The van der Waals surface area contributed by atoms with E-state index in [0.29, 0.717) is 31.1 Å². The Morgan fingerprint density at radius 1 is 1.20 bits per heavy atom. The maximum Gasteiger partial charge on any atom is 0.280 e. The van der Waals surface area contributed by atoms with Gasteiger partial charge in [-0.15, -0.1) is 0 Å².